The quantitative estimate of drug-likeness (QED) is 0.737. The van der Waals surface area contributed by atoms with Crippen LogP contribution < -0.4 is 5.32 Å². The highest BCUT2D eigenvalue weighted by atomic mass is 35.5. The molecule has 0 radical (unpaired) electrons. The molecule has 1 N–H and O–H groups in total. The molecule has 0 aliphatic heterocycles. The van der Waals surface area contributed by atoms with Gasteiger partial charge in [0, 0.05) is 5.69 Å². The molecule has 7 heteroatoms. The van der Waals surface area contributed by atoms with E-state index in [1.54, 1.807) is 18.2 Å². The predicted molar refractivity (Wildman–Crippen MR) is 95.4 cm³/mol. The summed E-state index contributed by atoms with van der Waals surface area (Å²) in [4.78, 5) is 18.3. The van der Waals surface area contributed by atoms with E-state index in [0.29, 0.717) is 28.2 Å². The van der Waals surface area contributed by atoms with Crippen LogP contribution in [-0.4, -0.2) is 29.4 Å². The number of halogens is 2. The number of nitrogens with zero attached hydrogens (tertiary/aromatic N) is 2. The number of hydrogen-bond donors (Lipinski definition) is 1. The van der Waals surface area contributed by atoms with Crippen molar-refractivity contribution in [1.82, 2.24) is 9.88 Å². The van der Waals surface area contributed by atoms with Gasteiger partial charge >= 0.3 is 0 Å². The van der Waals surface area contributed by atoms with E-state index in [4.69, 9.17) is 27.6 Å². The van der Waals surface area contributed by atoms with Crippen LogP contribution in [0.2, 0.25) is 10.0 Å². The van der Waals surface area contributed by atoms with E-state index in [0.717, 1.165) is 11.1 Å². The molecule has 3 aromatic rings. The van der Waals surface area contributed by atoms with Crippen LogP contribution in [0.3, 0.4) is 0 Å². The number of rotatable bonds is 5. The largest absolute Gasteiger partial charge is 0.439 e. The lowest BCUT2D eigenvalue weighted by molar-refractivity contribution is -0.117. The van der Waals surface area contributed by atoms with E-state index in [1.807, 2.05) is 36.2 Å². The zero-order valence-electron chi connectivity index (χ0n) is 12.9. The van der Waals surface area contributed by atoms with Gasteiger partial charge in [-0.15, -0.1) is 0 Å². The monoisotopic (exact) mass is 363 g/mol. The fourth-order valence-electron chi connectivity index (χ4n) is 2.29. The fourth-order valence-corrected chi connectivity index (χ4v) is 2.59. The predicted octanol–water partition coefficient (Wildman–Crippen LogP) is 4.21. The molecule has 0 aliphatic carbocycles. The normalized spacial score (nSPS) is 11.2. The minimum atomic E-state index is -0.160. The number of benzene rings is 2. The molecule has 1 amide bonds. The van der Waals surface area contributed by atoms with Gasteiger partial charge in [-0.25, -0.2) is 4.98 Å². The number of amides is 1. The summed E-state index contributed by atoms with van der Waals surface area (Å²) in [6.07, 6.45) is 0. The highest BCUT2D eigenvalue weighted by Gasteiger charge is 2.12. The molecule has 0 spiro atoms. The van der Waals surface area contributed by atoms with Crippen LogP contribution in [0.15, 0.2) is 46.9 Å². The van der Waals surface area contributed by atoms with Crippen LogP contribution in [0, 0.1) is 0 Å². The van der Waals surface area contributed by atoms with Crippen molar-refractivity contribution in [3.05, 3.63) is 58.4 Å². The maximum atomic E-state index is 12.1. The molecular formula is C17H15Cl2N3O2. The lowest BCUT2D eigenvalue weighted by Gasteiger charge is -2.14. The number of fused-ring (bicyclic) bond motifs is 1. The molecule has 0 fully saturated rings. The molecule has 0 atom stereocenters. The molecule has 0 bridgehead atoms. The Labute approximate surface area is 149 Å². The first-order valence-corrected chi connectivity index (χ1v) is 8.05. The van der Waals surface area contributed by atoms with Gasteiger partial charge in [0.1, 0.15) is 5.52 Å². The van der Waals surface area contributed by atoms with Crippen molar-refractivity contribution in [3.8, 4) is 0 Å². The first kappa shape index (κ1) is 16.8. The summed E-state index contributed by atoms with van der Waals surface area (Å²) in [6.45, 7) is 0.627. The molecule has 0 unspecified atom stereocenters. The number of hydrogen-bond acceptors (Lipinski definition) is 4. The van der Waals surface area contributed by atoms with E-state index < -0.39 is 0 Å². The van der Waals surface area contributed by atoms with Crippen LogP contribution in [0.1, 0.15) is 5.89 Å². The van der Waals surface area contributed by atoms with Crippen LogP contribution >= 0.6 is 23.2 Å². The summed E-state index contributed by atoms with van der Waals surface area (Å²) in [5, 5.41) is 3.62. The van der Waals surface area contributed by atoms with Crippen molar-refractivity contribution < 1.29 is 9.21 Å². The molecule has 0 saturated heterocycles. The zero-order chi connectivity index (χ0) is 17.1. The van der Waals surface area contributed by atoms with Crippen molar-refractivity contribution in [2.45, 2.75) is 6.54 Å². The Kier molecular flexibility index (Phi) is 5.04. The number of carbonyl (C=O) groups excluding carboxylic acids is 1. The Morgan fingerprint density at radius 1 is 1.21 bits per heavy atom. The Morgan fingerprint density at radius 2 is 2.00 bits per heavy atom. The molecule has 1 heterocycles. The zero-order valence-corrected chi connectivity index (χ0v) is 14.4. The van der Waals surface area contributed by atoms with Gasteiger partial charge in [0.05, 0.1) is 23.1 Å². The number of likely N-dealkylation sites (N-methyl/N-ethyl adjacent to an activating group) is 1. The summed E-state index contributed by atoms with van der Waals surface area (Å²) in [5.74, 6) is 0.410. The number of anilines is 1. The second kappa shape index (κ2) is 7.21. The van der Waals surface area contributed by atoms with E-state index >= 15 is 0 Å². The van der Waals surface area contributed by atoms with E-state index in [2.05, 4.69) is 10.3 Å². The van der Waals surface area contributed by atoms with Gasteiger partial charge < -0.3 is 9.73 Å². The van der Waals surface area contributed by atoms with Gasteiger partial charge in [-0.05, 0) is 37.4 Å². The second-order valence-electron chi connectivity index (χ2n) is 5.42. The van der Waals surface area contributed by atoms with E-state index in [9.17, 15) is 4.79 Å². The summed E-state index contributed by atoms with van der Waals surface area (Å²) in [6, 6.07) is 12.5. The molecule has 3 rings (SSSR count). The smallest absolute Gasteiger partial charge is 0.238 e. The molecule has 1 aromatic heterocycles. The number of carbonyl (C=O) groups is 1. The average Bonchev–Trinajstić information content (AvgIpc) is 2.92. The number of oxazole rings is 1. The third-order valence-electron chi connectivity index (χ3n) is 3.36. The lowest BCUT2D eigenvalue weighted by atomic mass is 10.3. The van der Waals surface area contributed by atoms with Gasteiger partial charge in [0.15, 0.2) is 5.58 Å². The SMILES string of the molecule is CN(CC(=O)Nc1ccc(Cl)c(Cl)c1)Cc1nc2ccccc2o1. The van der Waals surface area contributed by atoms with Gasteiger partial charge in [-0.2, -0.15) is 0 Å². The van der Waals surface area contributed by atoms with Crippen molar-refractivity contribution in [2.75, 3.05) is 18.9 Å². The Hall–Kier alpha value is -2.08. The van der Waals surface area contributed by atoms with Crippen molar-refractivity contribution >= 4 is 45.9 Å². The summed E-state index contributed by atoms with van der Waals surface area (Å²) < 4.78 is 5.65. The third-order valence-corrected chi connectivity index (χ3v) is 4.10. The fraction of sp³-hybridized carbons (Fsp3) is 0.176. The molecule has 0 saturated carbocycles. The molecule has 124 valence electrons. The van der Waals surface area contributed by atoms with Crippen LogP contribution in [0.5, 0.6) is 0 Å². The minimum absolute atomic E-state index is 0.160. The first-order valence-electron chi connectivity index (χ1n) is 7.29. The van der Waals surface area contributed by atoms with E-state index in [1.165, 1.54) is 0 Å². The molecule has 5 nitrogen and oxygen atoms in total. The summed E-state index contributed by atoms with van der Waals surface area (Å²) >= 11 is 11.8. The van der Waals surface area contributed by atoms with Gasteiger partial charge in [0.2, 0.25) is 11.8 Å². The Morgan fingerprint density at radius 3 is 2.75 bits per heavy atom. The highest BCUT2D eigenvalue weighted by Crippen LogP contribution is 2.25. The average molecular weight is 364 g/mol. The van der Waals surface area contributed by atoms with E-state index in [-0.39, 0.29) is 12.5 Å². The summed E-state index contributed by atoms with van der Waals surface area (Å²) in [5.41, 5.74) is 2.15. The second-order valence-corrected chi connectivity index (χ2v) is 6.24. The van der Waals surface area contributed by atoms with Crippen molar-refractivity contribution in [2.24, 2.45) is 0 Å². The first-order chi connectivity index (χ1) is 11.5. The maximum absolute atomic E-state index is 12.1. The third kappa shape index (κ3) is 4.06. The van der Waals surface area contributed by atoms with Gasteiger partial charge in [-0.3, -0.25) is 9.69 Å². The van der Waals surface area contributed by atoms with Gasteiger partial charge in [0.25, 0.3) is 0 Å². The molecule has 2 aromatic carbocycles. The van der Waals surface area contributed by atoms with Crippen LogP contribution in [-0.2, 0) is 11.3 Å². The van der Waals surface area contributed by atoms with Crippen molar-refractivity contribution in [3.63, 3.8) is 0 Å². The molecule has 0 aliphatic rings. The summed E-state index contributed by atoms with van der Waals surface area (Å²) in [7, 11) is 1.82. The van der Waals surface area contributed by atoms with Crippen LogP contribution in [0.25, 0.3) is 11.1 Å². The standard InChI is InChI=1S/C17H15Cl2N3O2/c1-22(10-17-21-14-4-2-3-5-15(14)24-17)9-16(23)20-11-6-7-12(18)13(19)8-11/h2-8H,9-10H2,1H3,(H,20,23). The molecule has 24 heavy (non-hydrogen) atoms. The maximum Gasteiger partial charge on any atom is 0.238 e. The molecular weight excluding hydrogens is 349 g/mol. The minimum Gasteiger partial charge on any atom is -0.439 e. The number of aromatic nitrogens is 1. The number of para-hydroxylation sites is 2. The van der Waals surface area contributed by atoms with Crippen LogP contribution in [0.4, 0.5) is 5.69 Å². The lowest BCUT2D eigenvalue weighted by Crippen LogP contribution is -2.29. The Bertz CT molecular complexity index is 846. The van der Waals surface area contributed by atoms with Crippen molar-refractivity contribution in [1.29, 1.82) is 0 Å². The Balaban J connectivity index is 1.58. The van der Waals surface area contributed by atoms with Gasteiger partial charge in [-0.1, -0.05) is 35.3 Å². The number of nitrogens with one attached hydrogen (secondary N) is 1. The topological polar surface area (TPSA) is 58.4 Å². The highest BCUT2D eigenvalue weighted by molar-refractivity contribution is 6.42.